The summed E-state index contributed by atoms with van der Waals surface area (Å²) in [7, 11) is 0. The summed E-state index contributed by atoms with van der Waals surface area (Å²) in [5.74, 6) is 3.27. The molecule has 0 aromatic rings. The smallest absolute Gasteiger partial charge is 0.00946 e. The van der Waals surface area contributed by atoms with Gasteiger partial charge in [0.25, 0.3) is 0 Å². The molecule has 0 nitrogen and oxygen atoms in total. The van der Waals surface area contributed by atoms with Crippen LogP contribution in [-0.2, 0) is 0 Å². The minimum Gasteiger partial charge on any atom is -0.0766 e. The molecule has 56 valence electrons. The van der Waals surface area contributed by atoms with Crippen LogP contribution in [0.15, 0.2) is 11.1 Å². The van der Waals surface area contributed by atoms with Gasteiger partial charge in [-0.15, -0.1) is 0 Å². The zero-order chi connectivity index (χ0) is 7.30. The molecular formula is C10H16. The average Bonchev–Trinajstić information content (AvgIpc) is 2.65. The van der Waals surface area contributed by atoms with Crippen molar-refractivity contribution in [1.82, 2.24) is 0 Å². The highest BCUT2D eigenvalue weighted by Gasteiger charge is 2.68. The first-order valence-electron chi connectivity index (χ1n) is 4.44. The standard InChI is InChI=1S/C10H16/c1-4-5-7-9-8(6(2)3)10(7)9/h7,9-10H,4-5H2,1-3H3. The summed E-state index contributed by atoms with van der Waals surface area (Å²) >= 11 is 0. The van der Waals surface area contributed by atoms with Gasteiger partial charge in [-0.25, -0.2) is 0 Å². The van der Waals surface area contributed by atoms with E-state index in [1.165, 1.54) is 12.8 Å². The van der Waals surface area contributed by atoms with Crippen LogP contribution >= 0.6 is 0 Å². The molecule has 0 aromatic carbocycles. The summed E-state index contributed by atoms with van der Waals surface area (Å²) in [5, 5.41) is 0. The van der Waals surface area contributed by atoms with Crippen molar-refractivity contribution in [2.45, 2.75) is 33.6 Å². The Labute approximate surface area is 63.3 Å². The van der Waals surface area contributed by atoms with E-state index in [0.717, 1.165) is 17.8 Å². The lowest BCUT2D eigenvalue weighted by Gasteiger charge is -2.03. The number of hydrogen-bond acceptors (Lipinski definition) is 0. The summed E-state index contributed by atoms with van der Waals surface area (Å²) < 4.78 is 0. The van der Waals surface area contributed by atoms with Gasteiger partial charge in [0.05, 0.1) is 0 Å². The van der Waals surface area contributed by atoms with Gasteiger partial charge in [0.15, 0.2) is 0 Å². The molecule has 0 aliphatic heterocycles. The Morgan fingerprint density at radius 1 is 1.30 bits per heavy atom. The summed E-state index contributed by atoms with van der Waals surface area (Å²) in [6.45, 7) is 6.80. The molecule has 0 heteroatoms. The second-order valence-corrected chi connectivity index (χ2v) is 3.96. The Bertz CT molecular complexity index is 172. The van der Waals surface area contributed by atoms with Crippen LogP contribution in [0, 0.1) is 17.8 Å². The Hall–Kier alpha value is -0.260. The number of allylic oxidation sites excluding steroid dienone is 2. The molecule has 0 aromatic heterocycles. The van der Waals surface area contributed by atoms with E-state index in [4.69, 9.17) is 0 Å². The molecule has 0 amide bonds. The van der Waals surface area contributed by atoms with Gasteiger partial charge >= 0.3 is 0 Å². The Morgan fingerprint density at radius 3 is 2.30 bits per heavy atom. The lowest BCUT2D eigenvalue weighted by atomic mass is 10.0. The second kappa shape index (κ2) is 1.87. The SMILES string of the molecule is CCCC1C2C(=C(C)C)C12. The third-order valence-electron chi connectivity index (χ3n) is 2.98. The molecule has 2 saturated carbocycles. The molecule has 0 saturated heterocycles. The van der Waals surface area contributed by atoms with E-state index in [1.54, 1.807) is 11.1 Å². The molecule has 2 unspecified atom stereocenters. The third kappa shape index (κ3) is 0.680. The van der Waals surface area contributed by atoms with E-state index in [9.17, 15) is 0 Å². The van der Waals surface area contributed by atoms with E-state index in [1.807, 2.05) is 0 Å². The minimum absolute atomic E-state index is 1.07. The molecule has 0 spiro atoms. The molecule has 2 aliphatic carbocycles. The van der Waals surface area contributed by atoms with Gasteiger partial charge in [0.2, 0.25) is 0 Å². The van der Waals surface area contributed by atoms with E-state index >= 15 is 0 Å². The molecule has 2 rings (SSSR count). The Kier molecular flexibility index (Phi) is 1.21. The van der Waals surface area contributed by atoms with Gasteiger partial charge in [-0.3, -0.25) is 0 Å². The first kappa shape index (κ1) is 6.45. The maximum atomic E-state index is 2.29. The van der Waals surface area contributed by atoms with Gasteiger partial charge in [0, 0.05) is 0 Å². The van der Waals surface area contributed by atoms with Crippen LogP contribution in [0.25, 0.3) is 0 Å². The fourth-order valence-corrected chi connectivity index (χ4v) is 2.38. The van der Waals surface area contributed by atoms with Crippen molar-refractivity contribution in [3.8, 4) is 0 Å². The molecule has 0 heterocycles. The van der Waals surface area contributed by atoms with E-state index in [2.05, 4.69) is 20.8 Å². The van der Waals surface area contributed by atoms with Crippen LogP contribution in [-0.4, -0.2) is 0 Å². The van der Waals surface area contributed by atoms with Crippen LogP contribution in [0.5, 0.6) is 0 Å². The van der Waals surface area contributed by atoms with Crippen molar-refractivity contribution in [3.05, 3.63) is 11.1 Å². The maximum Gasteiger partial charge on any atom is -0.00946 e. The quantitative estimate of drug-likeness (QED) is 0.512. The molecule has 2 atom stereocenters. The first-order valence-corrected chi connectivity index (χ1v) is 4.44. The van der Waals surface area contributed by atoms with Crippen molar-refractivity contribution < 1.29 is 0 Å². The van der Waals surface area contributed by atoms with Gasteiger partial charge in [-0.2, -0.15) is 0 Å². The van der Waals surface area contributed by atoms with Crippen molar-refractivity contribution >= 4 is 0 Å². The monoisotopic (exact) mass is 136 g/mol. The Morgan fingerprint density at radius 2 is 1.90 bits per heavy atom. The van der Waals surface area contributed by atoms with E-state index in [0.29, 0.717) is 0 Å². The molecule has 2 aliphatic rings. The fraction of sp³-hybridized carbons (Fsp3) is 0.800. The fourth-order valence-electron chi connectivity index (χ4n) is 2.38. The summed E-state index contributed by atoms with van der Waals surface area (Å²) in [6, 6.07) is 0. The predicted octanol–water partition coefficient (Wildman–Crippen LogP) is 3.00. The van der Waals surface area contributed by atoms with Gasteiger partial charge in [-0.1, -0.05) is 24.5 Å². The summed E-state index contributed by atoms with van der Waals surface area (Å²) in [6.07, 6.45) is 2.86. The van der Waals surface area contributed by atoms with Crippen LogP contribution in [0.4, 0.5) is 0 Å². The molecule has 0 bridgehead atoms. The topological polar surface area (TPSA) is 0 Å². The summed E-state index contributed by atoms with van der Waals surface area (Å²) in [4.78, 5) is 0. The van der Waals surface area contributed by atoms with Gasteiger partial charge < -0.3 is 0 Å². The number of hydrogen-bond donors (Lipinski definition) is 0. The van der Waals surface area contributed by atoms with E-state index in [-0.39, 0.29) is 0 Å². The second-order valence-electron chi connectivity index (χ2n) is 3.96. The average molecular weight is 136 g/mol. The largest absolute Gasteiger partial charge is 0.0766 e. The zero-order valence-electron chi connectivity index (χ0n) is 7.15. The first-order chi connectivity index (χ1) is 4.77. The third-order valence-corrected chi connectivity index (χ3v) is 2.98. The van der Waals surface area contributed by atoms with Crippen molar-refractivity contribution in [3.63, 3.8) is 0 Å². The Balaban J connectivity index is 1.86. The normalized spacial score (nSPS) is 41.1. The lowest BCUT2D eigenvalue weighted by molar-refractivity contribution is 0.608. The van der Waals surface area contributed by atoms with Crippen LogP contribution in [0.1, 0.15) is 33.6 Å². The highest BCUT2D eigenvalue weighted by Crippen LogP contribution is 2.75. The van der Waals surface area contributed by atoms with Crippen molar-refractivity contribution in [1.29, 1.82) is 0 Å². The van der Waals surface area contributed by atoms with Crippen LogP contribution in [0.2, 0.25) is 0 Å². The lowest BCUT2D eigenvalue weighted by Crippen LogP contribution is -1.91. The summed E-state index contributed by atoms with van der Waals surface area (Å²) in [5.41, 5.74) is 3.40. The molecular weight excluding hydrogens is 120 g/mol. The number of rotatable bonds is 2. The molecule has 10 heavy (non-hydrogen) atoms. The van der Waals surface area contributed by atoms with Gasteiger partial charge in [-0.05, 0) is 38.0 Å². The van der Waals surface area contributed by atoms with Crippen LogP contribution in [0.3, 0.4) is 0 Å². The van der Waals surface area contributed by atoms with Crippen LogP contribution < -0.4 is 0 Å². The highest BCUT2D eigenvalue weighted by molar-refractivity contribution is 5.47. The maximum absolute atomic E-state index is 2.29. The van der Waals surface area contributed by atoms with Crippen molar-refractivity contribution in [2.75, 3.05) is 0 Å². The molecule has 0 N–H and O–H groups in total. The highest BCUT2D eigenvalue weighted by atomic mass is 14.7. The van der Waals surface area contributed by atoms with Crippen molar-refractivity contribution in [2.24, 2.45) is 17.8 Å². The predicted molar refractivity (Wildman–Crippen MR) is 43.8 cm³/mol. The minimum atomic E-state index is 1.07. The molecule has 2 fully saturated rings. The number of fused-ring (bicyclic) bond motifs is 1. The van der Waals surface area contributed by atoms with Gasteiger partial charge in [0.1, 0.15) is 0 Å². The van der Waals surface area contributed by atoms with E-state index < -0.39 is 0 Å². The molecule has 0 radical (unpaired) electrons. The zero-order valence-corrected chi connectivity index (χ0v) is 7.15.